The molecular formula is C27H32N2O4S. The third-order valence-electron chi connectivity index (χ3n) is 7.67. The number of hydrogen-bond donors (Lipinski definition) is 1. The fourth-order valence-electron chi connectivity index (χ4n) is 5.75. The molecule has 2 atom stereocenters. The van der Waals surface area contributed by atoms with Crippen LogP contribution in [0.3, 0.4) is 0 Å². The average Bonchev–Trinajstić information content (AvgIpc) is 3.33. The van der Waals surface area contributed by atoms with Gasteiger partial charge in [0.15, 0.2) is 21.2 Å². The van der Waals surface area contributed by atoms with Gasteiger partial charge in [0.05, 0.1) is 16.3 Å². The highest BCUT2D eigenvalue weighted by molar-refractivity contribution is 7.92. The van der Waals surface area contributed by atoms with Crippen LogP contribution in [0.5, 0.6) is 0 Å². The summed E-state index contributed by atoms with van der Waals surface area (Å²) in [7, 11) is -3.35. The van der Waals surface area contributed by atoms with Gasteiger partial charge in [0.2, 0.25) is 0 Å². The highest BCUT2D eigenvalue weighted by Crippen LogP contribution is 2.41. The number of aromatic nitrogens is 1. The molecule has 2 aliphatic carbocycles. The molecule has 0 radical (unpaired) electrons. The molecule has 7 heteroatoms. The lowest BCUT2D eigenvalue weighted by atomic mass is 9.73. The molecule has 5 rings (SSSR count). The van der Waals surface area contributed by atoms with Crippen LogP contribution >= 0.6 is 0 Å². The lowest BCUT2D eigenvalue weighted by Crippen LogP contribution is -2.32. The molecule has 2 heterocycles. The van der Waals surface area contributed by atoms with E-state index in [1.807, 2.05) is 0 Å². The zero-order valence-corrected chi connectivity index (χ0v) is 20.2. The summed E-state index contributed by atoms with van der Waals surface area (Å²) in [6, 6.07) is 10.4. The van der Waals surface area contributed by atoms with Crippen LogP contribution in [0.1, 0.15) is 73.9 Å². The minimum Gasteiger partial charge on any atom is -0.449 e. The molecule has 1 amide bonds. The highest BCUT2D eigenvalue weighted by Gasteiger charge is 2.36. The van der Waals surface area contributed by atoms with Crippen molar-refractivity contribution in [1.29, 1.82) is 0 Å². The second kappa shape index (κ2) is 9.90. The molecule has 0 bridgehead atoms. The predicted molar refractivity (Wildman–Crippen MR) is 131 cm³/mol. The standard InChI is InChI=1S/C27H32N2O4S/c30-27(25-16-22-13-14-28-18-26(22)33-25)29-17-19-9-11-23(12-10-19)34(31,32)24-8-4-7-21(15-24)20-5-2-1-3-6-20/h9-14,16,18,20-21,24H,1-8,15,17H2,(H,29,30). The Morgan fingerprint density at radius 2 is 1.74 bits per heavy atom. The van der Waals surface area contributed by atoms with Gasteiger partial charge in [-0.1, -0.05) is 57.1 Å². The number of rotatable bonds is 6. The molecule has 0 spiro atoms. The van der Waals surface area contributed by atoms with E-state index in [0.717, 1.165) is 30.2 Å². The van der Waals surface area contributed by atoms with Gasteiger partial charge < -0.3 is 9.73 Å². The zero-order valence-electron chi connectivity index (χ0n) is 19.4. The Morgan fingerprint density at radius 1 is 0.971 bits per heavy atom. The molecule has 34 heavy (non-hydrogen) atoms. The van der Waals surface area contributed by atoms with Crippen molar-refractivity contribution in [2.24, 2.45) is 11.8 Å². The van der Waals surface area contributed by atoms with E-state index in [0.29, 0.717) is 28.9 Å². The largest absolute Gasteiger partial charge is 0.449 e. The number of nitrogens with zero attached hydrogens (tertiary/aromatic N) is 1. The van der Waals surface area contributed by atoms with Crippen molar-refractivity contribution in [2.45, 2.75) is 74.5 Å². The van der Waals surface area contributed by atoms with Crippen molar-refractivity contribution in [2.75, 3.05) is 0 Å². The van der Waals surface area contributed by atoms with E-state index in [1.54, 1.807) is 48.8 Å². The smallest absolute Gasteiger partial charge is 0.287 e. The molecule has 2 saturated carbocycles. The number of hydrogen-bond acceptors (Lipinski definition) is 5. The van der Waals surface area contributed by atoms with Crippen LogP contribution in [-0.4, -0.2) is 24.6 Å². The summed E-state index contributed by atoms with van der Waals surface area (Å²) in [5.41, 5.74) is 1.41. The van der Waals surface area contributed by atoms with Gasteiger partial charge in [-0.05, 0) is 54.5 Å². The maximum atomic E-state index is 13.4. The van der Waals surface area contributed by atoms with Crippen LogP contribution in [0.2, 0.25) is 0 Å². The number of sulfone groups is 1. The molecule has 2 aromatic heterocycles. The first-order chi connectivity index (χ1) is 16.5. The topological polar surface area (TPSA) is 89.3 Å². The molecule has 6 nitrogen and oxygen atoms in total. The van der Waals surface area contributed by atoms with E-state index in [2.05, 4.69) is 10.3 Å². The first-order valence-corrected chi connectivity index (χ1v) is 14.0. The van der Waals surface area contributed by atoms with Crippen LogP contribution in [0.15, 0.2) is 58.1 Å². The lowest BCUT2D eigenvalue weighted by molar-refractivity contribution is 0.0925. The van der Waals surface area contributed by atoms with Gasteiger partial charge in [0, 0.05) is 18.1 Å². The van der Waals surface area contributed by atoms with Crippen LogP contribution < -0.4 is 5.32 Å². The second-order valence-electron chi connectivity index (χ2n) is 9.84. The second-order valence-corrected chi connectivity index (χ2v) is 12.1. The Kier molecular flexibility index (Phi) is 6.73. The van der Waals surface area contributed by atoms with Crippen molar-refractivity contribution in [3.8, 4) is 0 Å². The lowest BCUT2D eigenvalue weighted by Gasteiger charge is -2.36. The van der Waals surface area contributed by atoms with Crippen LogP contribution in [0, 0.1) is 11.8 Å². The molecular weight excluding hydrogens is 448 g/mol. The molecule has 2 fully saturated rings. The van der Waals surface area contributed by atoms with Crippen molar-refractivity contribution < 1.29 is 17.6 Å². The Morgan fingerprint density at radius 3 is 2.50 bits per heavy atom. The van der Waals surface area contributed by atoms with Gasteiger partial charge in [-0.2, -0.15) is 0 Å². The number of carbonyl (C=O) groups excluding carboxylic acids is 1. The first-order valence-electron chi connectivity index (χ1n) is 12.5. The summed E-state index contributed by atoms with van der Waals surface area (Å²) in [6.45, 7) is 0.293. The van der Waals surface area contributed by atoms with E-state index >= 15 is 0 Å². The van der Waals surface area contributed by atoms with E-state index in [4.69, 9.17) is 4.42 Å². The monoisotopic (exact) mass is 480 g/mol. The van der Waals surface area contributed by atoms with Crippen molar-refractivity contribution in [3.63, 3.8) is 0 Å². The minimum absolute atomic E-state index is 0.229. The maximum Gasteiger partial charge on any atom is 0.287 e. The number of amides is 1. The van der Waals surface area contributed by atoms with Gasteiger partial charge in [-0.3, -0.25) is 9.78 Å². The van der Waals surface area contributed by atoms with Crippen molar-refractivity contribution >= 4 is 26.7 Å². The summed E-state index contributed by atoms with van der Waals surface area (Å²) in [5.74, 6) is 1.17. The minimum atomic E-state index is -3.35. The van der Waals surface area contributed by atoms with E-state index in [9.17, 15) is 13.2 Å². The number of carbonyl (C=O) groups is 1. The van der Waals surface area contributed by atoms with Crippen LogP contribution in [0.25, 0.3) is 11.0 Å². The zero-order chi connectivity index (χ0) is 23.5. The summed E-state index contributed by atoms with van der Waals surface area (Å²) >= 11 is 0. The first kappa shape index (κ1) is 23.1. The third-order valence-corrected chi connectivity index (χ3v) is 9.91. The summed E-state index contributed by atoms with van der Waals surface area (Å²) in [5, 5.41) is 3.38. The fourth-order valence-corrected chi connectivity index (χ4v) is 7.63. The molecule has 180 valence electrons. The molecule has 2 aliphatic rings. The van der Waals surface area contributed by atoms with Gasteiger partial charge >= 0.3 is 0 Å². The van der Waals surface area contributed by atoms with Gasteiger partial charge in [0.1, 0.15) is 0 Å². The SMILES string of the molecule is O=C(NCc1ccc(S(=O)(=O)C2CCCC(C3CCCCC3)C2)cc1)c1cc2ccncc2o1. The number of furan rings is 1. The predicted octanol–water partition coefficient (Wildman–Crippen LogP) is 5.67. The molecule has 1 aromatic carbocycles. The average molecular weight is 481 g/mol. The number of fused-ring (bicyclic) bond motifs is 1. The normalized spacial score (nSPS) is 22.0. The Bertz CT molecular complexity index is 1210. The quantitative estimate of drug-likeness (QED) is 0.491. The van der Waals surface area contributed by atoms with Crippen molar-refractivity contribution in [3.05, 3.63) is 60.1 Å². The summed E-state index contributed by atoms with van der Waals surface area (Å²) in [4.78, 5) is 16.8. The number of benzene rings is 1. The molecule has 3 aromatic rings. The molecule has 1 N–H and O–H groups in total. The fraction of sp³-hybridized carbons (Fsp3) is 0.481. The van der Waals surface area contributed by atoms with Gasteiger partial charge in [-0.25, -0.2) is 8.42 Å². The summed E-state index contributed by atoms with van der Waals surface area (Å²) in [6.07, 6.45) is 13.4. The van der Waals surface area contributed by atoms with E-state index in [1.165, 1.54) is 38.5 Å². The Hall–Kier alpha value is -2.67. The van der Waals surface area contributed by atoms with Crippen molar-refractivity contribution in [1.82, 2.24) is 10.3 Å². The molecule has 2 unspecified atom stereocenters. The Balaban J connectivity index is 1.21. The van der Waals surface area contributed by atoms with Gasteiger partial charge in [0.25, 0.3) is 5.91 Å². The van der Waals surface area contributed by atoms with Crippen LogP contribution in [0.4, 0.5) is 0 Å². The highest BCUT2D eigenvalue weighted by atomic mass is 32.2. The number of nitrogens with one attached hydrogen (secondary N) is 1. The van der Waals surface area contributed by atoms with Gasteiger partial charge in [-0.15, -0.1) is 0 Å². The maximum absolute atomic E-state index is 13.4. The summed E-state index contributed by atoms with van der Waals surface area (Å²) < 4.78 is 32.3. The van der Waals surface area contributed by atoms with E-state index < -0.39 is 9.84 Å². The number of pyridine rings is 1. The molecule has 0 aliphatic heterocycles. The van der Waals surface area contributed by atoms with E-state index in [-0.39, 0.29) is 16.9 Å². The Labute approximate surface area is 201 Å². The third kappa shape index (κ3) is 4.90. The van der Waals surface area contributed by atoms with Crippen LogP contribution in [-0.2, 0) is 16.4 Å². The molecule has 0 saturated heterocycles.